The highest BCUT2D eigenvalue weighted by Crippen LogP contribution is 2.25. The van der Waals surface area contributed by atoms with Gasteiger partial charge in [-0.05, 0) is 49.0 Å². The van der Waals surface area contributed by atoms with E-state index < -0.39 is 0 Å². The number of nitrogens with zero attached hydrogens (tertiary/aromatic N) is 1. The average Bonchev–Trinajstić information content (AvgIpc) is 2.83. The minimum atomic E-state index is -0.267. The van der Waals surface area contributed by atoms with Crippen LogP contribution in [0.15, 0.2) is 46.9 Å². The molecule has 0 radical (unpaired) electrons. The summed E-state index contributed by atoms with van der Waals surface area (Å²) in [5, 5.41) is 3.09. The Morgan fingerprint density at radius 3 is 2.68 bits per heavy atom. The molecule has 0 amide bonds. The van der Waals surface area contributed by atoms with E-state index in [-0.39, 0.29) is 5.82 Å². The number of hydrogen-bond donors (Lipinski definition) is 1. The maximum atomic E-state index is 12.9. The Hall–Kier alpha value is -2.20. The molecule has 0 aliphatic carbocycles. The molecule has 3 rings (SSSR count). The summed E-state index contributed by atoms with van der Waals surface area (Å²) >= 11 is 0. The smallest absolute Gasteiger partial charge is 0.227 e. The number of benzene rings is 2. The highest BCUT2D eigenvalue weighted by molar-refractivity contribution is 5.76. The standard InChI is InChI=1S/C15H13FN2O/c1-17-9-10-2-7-13-14(8-10)19-15(18-13)11-3-5-12(16)6-4-11/h2-8,17H,9H2,1H3. The van der Waals surface area contributed by atoms with Gasteiger partial charge < -0.3 is 9.73 Å². The lowest BCUT2D eigenvalue weighted by molar-refractivity contribution is 0.615. The van der Waals surface area contributed by atoms with Gasteiger partial charge in [-0.1, -0.05) is 6.07 Å². The van der Waals surface area contributed by atoms with E-state index in [1.807, 2.05) is 25.2 Å². The molecule has 19 heavy (non-hydrogen) atoms. The molecular formula is C15H13FN2O. The molecule has 0 saturated carbocycles. The average molecular weight is 256 g/mol. The fourth-order valence-electron chi connectivity index (χ4n) is 2.00. The van der Waals surface area contributed by atoms with E-state index in [4.69, 9.17) is 4.42 Å². The fraction of sp³-hybridized carbons (Fsp3) is 0.133. The quantitative estimate of drug-likeness (QED) is 0.781. The summed E-state index contributed by atoms with van der Waals surface area (Å²) in [4.78, 5) is 4.40. The SMILES string of the molecule is CNCc1ccc2nc(-c3ccc(F)cc3)oc2c1. The van der Waals surface area contributed by atoms with E-state index in [2.05, 4.69) is 10.3 Å². The Morgan fingerprint density at radius 2 is 1.95 bits per heavy atom. The molecule has 1 aromatic heterocycles. The molecule has 0 unspecified atom stereocenters. The van der Waals surface area contributed by atoms with Crippen molar-refractivity contribution in [3.63, 3.8) is 0 Å². The summed E-state index contributed by atoms with van der Waals surface area (Å²) in [6.45, 7) is 0.780. The molecule has 0 aliphatic heterocycles. The predicted octanol–water partition coefficient (Wildman–Crippen LogP) is 3.35. The summed E-state index contributed by atoms with van der Waals surface area (Å²) in [5.74, 6) is 0.243. The number of hydrogen-bond acceptors (Lipinski definition) is 3. The van der Waals surface area contributed by atoms with Crippen molar-refractivity contribution in [2.24, 2.45) is 0 Å². The molecule has 0 saturated heterocycles. The molecule has 0 spiro atoms. The highest BCUT2D eigenvalue weighted by atomic mass is 19.1. The van der Waals surface area contributed by atoms with Crippen molar-refractivity contribution in [2.75, 3.05) is 7.05 Å². The van der Waals surface area contributed by atoms with E-state index >= 15 is 0 Å². The predicted molar refractivity (Wildman–Crippen MR) is 72.2 cm³/mol. The Bertz CT molecular complexity index is 704. The van der Waals surface area contributed by atoms with E-state index in [9.17, 15) is 4.39 Å². The molecule has 2 aromatic carbocycles. The van der Waals surface area contributed by atoms with Gasteiger partial charge in [-0.15, -0.1) is 0 Å². The van der Waals surface area contributed by atoms with Crippen LogP contribution in [0.1, 0.15) is 5.56 Å². The molecule has 4 heteroatoms. The van der Waals surface area contributed by atoms with Gasteiger partial charge in [0, 0.05) is 12.1 Å². The molecule has 0 atom stereocenters. The van der Waals surface area contributed by atoms with Crippen LogP contribution < -0.4 is 5.32 Å². The summed E-state index contributed by atoms with van der Waals surface area (Å²) in [6.07, 6.45) is 0. The van der Waals surface area contributed by atoms with Crippen LogP contribution >= 0.6 is 0 Å². The second-order valence-corrected chi connectivity index (χ2v) is 4.36. The van der Waals surface area contributed by atoms with Gasteiger partial charge in [0.1, 0.15) is 11.3 Å². The van der Waals surface area contributed by atoms with Crippen molar-refractivity contribution in [1.29, 1.82) is 0 Å². The number of fused-ring (bicyclic) bond motifs is 1. The van der Waals surface area contributed by atoms with Crippen LogP contribution in [0.4, 0.5) is 4.39 Å². The second kappa shape index (κ2) is 4.82. The van der Waals surface area contributed by atoms with Gasteiger partial charge in [0.05, 0.1) is 0 Å². The normalized spacial score (nSPS) is 11.1. The van der Waals surface area contributed by atoms with Crippen LogP contribution in [0.3, 0.4) is 0 Å². The zero-order valence-electron chi connectivity index (χ0n) is 10.5. The van der Waals surface area contributed by atoms with E-state index in [1.165, 1.54) is 12.1 Å². The minimum absolute atomic E-state index is 0.267. The van der Waals surface area contributed by atoms with E-state index in [1.54, 1.807) is 12.1 Å². The highest BCUT2D eigenvalue weighted by Gasteiger charge is 2.08. The lowest BCUT2D eigenvalue weighted by atomic mass is 10.2. The molecule has 0 bridgehead atoms. The maximum Gasteiger partial charge on any atom is 0.227 e. The zero-order valence-corrected chi connectivity index (χ0v) is 10.5. The topological polar surface area (TPSA) is 38.1 Å². The van der Waals surface area contributed by atoms with Crippen molar-refractivity contribution in [3.8, 4) is 11.5 Å². The van der Waals surface area contributed by atoms with Crippen molar-refractivity contribution < 1.29 is 8.81 Å². The lowest BCUT2D eigenvalue weighted by Crippen LogP contribution is -2.04. The van der Waals surface area contributed by atoms with Crippen LogP contribution in [-0.4, -0.2) is 12.0 Å². The van der Waals surface area contributed by atoms with Crippen LogP contribution in [0.5, 0.6) is 0 Å². The lowest BCUT2D eigenvalue weighted by Gasteiger charge is -1.97. The van der Waals surface area contributed by atoms with Gasteiger partial charge in [-0.2, -0.15) is 0 Å². The second-order valence-electron chi connectivity index (χ2n) is 4.36. The van der Waals surface area contributed by atoms with Gasteiger partial charge in [0.25, 0.3) is 0 Å². The van der Waals surface area contributed by atoms with Crippen LogP contribution in [0, 0.1) is 5.82 Å². The van der Waals surface area contributed by atoms with Crippen molar-refractivity contribution in [1.82, 2.24) is 10.3 Å². The number of aromatic nitrogens is 1. The van der Waals surface area contributed by atoms with Crippen molar-refractivity contribution >= 4 is 11.1 Å². The molecule has 1 heterocycles. The number of oxazole rings is 1. The Labute approximate surface area is 110 Å². The fourth-order valence-corrected chi connectivity index (χ4v) is 2.00. The van der Waals surface area contributed by atoms with Gasteiger partial charge in [-0.3, -0.25) is 0 Å². The molecule has 0 fully saturated rings. The Balaban J connectivity index is 2.03. The third kappa shape index (κ3) is 2.35. The molecule has 3 aromatic rings. The molecule has 1 N–H and O–H groups in total. The summed E-state index contributed by atoms with van der Waals surface area (Å²) in [6, 6.07) is 12.0. The van der Waals surface area contributed by atoms with Gasteiger partial charge in [-0.25, -0.2) is 9.37 Å². The maximum absolute atomic E-state index is 12.9. The molecular weight excluding hydrogens is 243 g/mol. The Morgan fingerprint density at radius 1 is 1.16 bits per heavy atom. The zero-order chi connectivity index (χ0) is 13.2. The summed E-state index contributed by atoms with van der Waals surface area (Å²) in [7, 11) is 1.90. The van der Waals surface area contributed by atoms with Gasteiger partial charge in [0.2, 0.25) is 5.89 Å². The van der Waals surface area contributed by atoms with Crippen molar-refractivity contribution in [3.05, 3.63) is 53.8 Å². The van der Waals surface area contributed by atoms with E-state index in [0.717, 1.165) is 28.8 Å². The largest absolute Gasteiger partial charge is 0.436 e. The molecule has 96 valence electrons. The number of nitrogens with one attached hydrogen (secondary N) is 1. The Kier molecular flexibility index (Phi) is 3.01. The third-order valence-electron chi connectivity index (χ3n) is 2.92. The summed E-state index contributed by atoms with van der Waals surface area (Å²) < 4.78 is 18.6. The third-order valence-corrected chi connectivity index (χ3v) is 2.92. The van der Waals surface area contributed by atoms with E-state index in [0.29, 0.717) is 5.89 Å². The first kappa shape index (κ1) is 11.9. The first-order chi connectivity index (χ1) is 9.26. The minimum Gasteiger partial charge on any atom is -0.436 e. The first-order valence-corrected chi connectivity index (χ1v) is 6.06. The van der Waals surface area contributed by atoms with Crippen LogP contribution in [0.25, 0.3) is 22.6 Å². The van der Waals surface area contributed by atoms with Crippen LogP contribution in [-0.2, 0) is 6.54 Å². The first-order valence-electron chi connectivity index (χ1n) is 6.06. The van der Waals surface area contributed by atoms with Crippen LogP contribution in [0.2, 0.25) is 0 Å². The number of halogens is 1. The summed E-state index contributed by atoms with van der Waals surface area (Å²) in [5.41, 5.74) is 3.45. The van der Waals surface area contributed by atoms with Gasteiger partial charge in [0.15, 0.2) is 5.58 Å². The number of rotatable bonds is 3. The van der Waals surface area contributed by atoms with Crippen molar-refractivity contribution in [2.45, 2.75) is 6.54 Å². The molecule has 0 aliphatic rings. The molecule has 3 nitrogen and oxygen atoms in total. The van der Waals surface area contributed by atoms with Gasteiger partial charge >= 0.3 is 0 Å². The monoisotopic (exact) mass is 256 g/mol.